The van der Waals surface area contributed by atoms with Gasteiger partial charge in [-0.3, -0.25) is 9.11 Å². The topological polar surface area (TPSA) is 125 Å². The van der Waals surface area contributed by atoms with E-state index in [2.05, 4.69) is 10.6 Å². The summed E-state index contributed by atoms with van der Waals surface area (Å²) in [5, 5.41) is 6.17. The Morgan fingerprint density at radius 2 is 1.69 bits per heavy atom. The maximum Gasteiger partial charge on any atom is 0.394 e. The highest BCUT2D eigenvalue weighted by Gasteiger charge is 1.84. The van der Waals surface area contributed by atoms with Crippen molar-refractivity contribution in [2.75, 3.05) is 33.2 Å². The van der Waals surface area contributed by atoms with E-state index in [1.165, 1.54) is 0 Å². The van der Waals surface area contributed by atoms with Crippen molar-refractivity contribution in [3.8, 4) is 0 Å². The predicted molar refractivity (Wildman–Crippen MR) is 50.0 cm³/mol. The van der Waals surface area contributed by atoms with E-state index in [0.29, 0.717) is 0 Å². The van der Waals surface area contributed by atoms with Crippen molar-refractivity contribution in [1.29, 1.82) is 0 Å². The summed E-state index contributed by atoms with van der Waals surface area (Å²) in [6.07, 6.45) is 0. The highest BCUT2D eigenvalue weighted by molar-refractivity contribution is 7.79. The smallest absolute Gasteiger partial charge is 0.329 e. The molecule has 0 atom stereocenters. The summed E-state index contributed by atoms with van der Waals surface area (Å²) >= 11 is 0. The molecule has 0 aromatic carbocycles. The molecule has 0 rings (SSSR count). The number of nitrogens with one attached hydrogen (secondary N) is 2. The second-order valence-corrected chi connectivity index (χ2v) is 2.99. The van der Waals surface area contributed by atoms with Gasteiger partial charge in [0.15, 0.2) is 0 Å². The summed E-state index contributed by atoms with van der Waals surface area (Å²) in [6, 6.07) is 0. The third-order valence-electron chi connectivity index (χ3n) is 0.873. The average Bonchev–Trinajstić information content (AvgIpc) is 1.95. The van der Waals surface area contributed by atoms with Crippen LogP contribution in [0, 0.1) is 0 Å². The van der Waals surface area contributed by atoms with Crippen molar-refractivity contribution in [2.24, 2.45) is 5.73 Å². The maximum absolute atomic E-state index is 8.74. The Morgan fingerprint density at radius 3 is 2.00 bits per heavy atom. The molecule has 6 N–H and O–H groups in total. The minimum Gasteiger partial charge on any atom is -0.329 e. The first-order valence-electron chi connectivity index (χ1n) is 3.67. The fourth-order valence-electron chi connectivity index (χ4n) is 0.440. The van der Waals surface area contributed by atoms with E-state index < -0.39 is 10.4 Å². The van der Waals surface area contributed by atoms with Crippen LogP contribution in [0.15, 0.2) is 0 Å². The van der Waals surface area contributed by atoms with Crippen LogP contribution < -0.4 is 16.4 Å². The number of hydrogen-bond acceptors (Lipinski definition) is 5. The third kappa shape index (κ3) is 49.5. The normalized spacial score (nSPS) is 10.5. The van der Waals surface area contributed by atoms with Crippen molar-refractivity contribution in [3.63, 3.8) is 0 Å². The van der Waals surface area contributed by atoms with Crippen LogP contribution in [-0.4, -0.2) is 50.7 Å². The van der Waals surface area contributed by atoms with Gasteiger partial charge in [-0.05, 0) is 7.05 Å². The van der Waals surface area contributed by atoms with E-state index in [1.807, 2.05) is 7.05 Å². The van der Waals surface area contributed by atoms with Crippen LogP contribution in [0.4, 0.5) is 0 Å². The number of likely N-dealkylation sites (N-methyl/N-ethyl adjacent to an activating group) is 1. The van der Waals surface area contributed by atoms with Crippen molar-refractivity contribution in [3.05, 3.63) is 0 Å². The van der Waals surface area contributed by atoms with Crippen LogP contribution in [0.2, 0.25) is 0 Å². The van der Waals surface area contributed by atoms with Crippen molar-refractivity contribution < 1.29 is 17.5 Å². The summed E-state index contributed by atoms with van der Waals surface area (Å²) in [5.41, 5.74) is 5.23. The zero-order chi connectivity index (χ0) is 10.7. The van der Waals surface area contributed by atoms with Crippen LogP contribution in [0.25, 0.3) is 0 Å². The summed E-state index contributed by atoms with van der Waals surface area (Å²) in [4.78, 5) is 0. The van der Waals surface area contributed by atoms with Crippen LogP contribution in [0.3, 0.4) is 0 Å². The van der Waals surface area contributed by atoms with E-state index in [9.17, 15) is 0 Å². The second kappa shape index (κ2) is 9.84. The molecule has 7 nitrogen and oxygen atoms in total. The molecule has 0 amide bonds. The SMILES string of the molecule is CNCCNCCN.O=S(=O)(O)O. The molecule has 8 heteroatoms. The largest absolute Gasteiger partial charge is 0.394 e. The van der Waals surface area contributed by atoms with Crippen molar-refractivity contribution in [2.45, 2.75) is 0 Å². The molecule has 0 unspecified atom stereocenters. The van der Waals surface area contributed by atoms with Gasteiger partial charge >= 0.3 is 10.4 Å². The van der Waals surface area contributed by atoms with E-state index in [1.54, 1.807) is 0 Å². The van der Waals surface area contributed by atoms with Gasteiger partial charge in [0.05, 0.1) is 0 Å². The molecule has 0 aromatic heterocycles. The standard InChI is InChI=1S/C5H15N3.H2O4S/c1-7-4-5-8-3-2-6;1-5(2,3)4/h7-8H,2-6H2,1H3;(H2,1,2,3,4). The minimum absolute atomic E-state index is 0.726. The van der Waals surface area contributed by atoms with Gasteiger partial charge in [0.2, 0.25) is 0 Å². The Labute approximate surface area is 78.3 Å². The van der Waals surface area contributed by atoms with Gasteiger partial charge in [0, 0.05) is 26.2 Å². The Morgan fingerprint density at radius 1 is 1.23 bits per heavy atom. The lowest BCUT2D eigenvalue weighted by molar-refractivity contribution is 0.381. The van der Waals surface area contributed by atoms with Crippen LogP contribution >= 0.6 is 0 Å². The lowest BCUT2D eigenvalue weighted by atomic mass is 10.6. The molecule has 0 aromatic rings. The molecule has 0 aliphatic rings. The van der Waals surface area contributed by atoms with Gasteiger partial charge in [-0.2, -0.15) is 8.42 Å². The highest BCUT2D eigenvalue weighted by Crippen LogP contribution is 1.59. The fourth-order valence-corrected chi connectivity index (χ4v) is 0.440. The molecular formula is C5H17N3O4S. The van der Waals surface area contributed by atoms with Crippen LogP contribution in [0.5, 0.6) is 0 Å². The maximum atomic E-state index is 8.74. The molecule has 0 spiro atoms. The van der Waals surface area contributed by atoms with E-state index >= 15 is 0 Å². The first-order valence-corrected chi connectivity index (χ1v) is 5.06. The fraction of sp³-hybridized carbons (Fsp3) is 1.00. The quantitative estimate of drug-likeness (QED) is 0.268. The van der Waals surface area contributed by atoms with Crippen molar-refractivity contribution >= 4 is 10.4 Å². The molecule has 0 saturated carbocycles. The molecule has 13 heavy (non-hydrogen) atoms. The van der Waals surface area contributed by atoms with E-state index in [-0.39, 0.29) is 0 Å². The van der Waals surface area contributed by atoms with Gasteiger partial charge < -0.3 is 16.4 Å². The van der Waals surface area contributed by atoms with Gasteiger partial charge in [0.1, 0.15) is 0 Å². The van der Waals surface area contributed by atoms with Crippen LogP contribution in [-0.2, 0) is 10.4 Å². The summed E-state index contributed by atoms with van der Waals surface area (Å²) in [5.74, 6) is 0. The lowest BCUT2D eigenvalue weighted by Crippen LogP contribution is -2.29. The summed E-state index contributed by atoms with van der Waals surface area (Å²) < 4.78 is 31.6. The average molecular weight is 215 g/mol. The molecular weight excluding hydrogens is 198 g/mol. The van der Waals surface area contributed by atoms with E-state index in [0.717, 1.165) is 26.2 Å². The van der Waals surface area contributed by atoms with Gasteiger partial charge in [0.25, 0.3) is 0 Å². The Kier molecular flexibility index (Phi) is 11.5. The first-order chi connectivity index (χ1) is 5.91. The number of rotatable bonds is 5. The number of nitrogens with two attached hydrogens (primary N) is 1. The molecule has 0 bridgehead atoms. The first kappa shape index (κ1) is 15.2. The zero-order valence-electron chi connectivity index (χ0n) is 7.52. The summed E-state index contributed by atoms with van der Waals surface area (Å²) in [6.45, 7) is 3.67. The van der Waals surface area contributed by atoms with E-state index in [4.69, 9.17) is 23.3 Å². The zero-order valence-corrected chi connectivity index (χ0v) is 8.34. The Bertz CT molecular complexity index is 168. The van der Waals surface area contributed by atoms with Crippen LogP contribution in [0.1, 0.15) is 0 Å². The predicted octanol–water partition coefficient (Wildman–Crippen LogP) is -1.90. The van der Waals surface area contributed by atoms with Gasteiger partial charge in [-0.25, -0.2) is 0 Å². The molecule has 0 radical (unpaired) electrons. The minimum atomic E-state index is -4.67. The number of hydrogen-bond donors (Lipinski definition) is 5. The Balaban J connectivity index is 0. The molecule has 0 aliphatic carbocycles. The van der Waals surface area contributed by atoms with Gasteiger partial charge in [-0.1, -0.05) is 0 Å². The Hall–Kier alpha value is -0.250. The van der Waals surface area contributed by atoms with Crippen molar-refractivity contribution in [1.82, 2.24) is 10.6 Å². The molecule has 0 aliphatic heterocycles. The third-order valence-corrected chi connectivity index (χ3v) is 0.873. The lowest BCUT2D eigenvalue weighted by Gasteiger charge is -1.99. The molecule has 82 valence electrons. The van der Waals surface area contributed by atoms with Gasteiger partial charge in [-0.15, -0.1) is 0 Å². The molecule has 0 heterocycles. The second-order valence-electron chi connectivity index (χ2n) is 2.09. The monoisotopic (exact) mass is 215 g/mol. The highest BCUT2D eigenvalue weighted by atomic mass is 32.3. The molecule has 0 saturated heterocycles. The molecule has 0 fully saturated rings. The summed E-state index contributed by atoms with van der Waals surface area (Å²) in [7, 11) is -2.73.